The molecule has 5 aromatic rings. The summed E-state index contributed by atoms with van der Waals surface area (Å²) < 4.78 is 47.9. The number of pyridine rings is 1. The fourth-order valence-electron chi connectivity index (χ4n) is 3.48. The fraction of sp³-hybridized carbons (Fsp3) is 0.143. The van der Waals surface area contributed by atoms with E-state index in [2.05, 4.69) is 30.7 Å². The molecular formula is C21H15F3N8O. The van der Waals surface area contributed by atoms with Gasteiger partial charge in [0.1, 0.15) is 11.5 Å². The Morgan fingerprint density at radius 3 is 2.64 bits per heavy atom. The summed E-state index contributed by atoms with van der Waals surface area (Å²) >= 11 is 0. The molecule has 4 heterocycles. The van der Waals surface area contributed by atoms with Crippen LogP contribution in [-0.2, 0) is 13.0 Å². The molecule has 1 N–H and O–H groups in total. The first-order valence-electron chi connectivity index (χ1n) is 9.70. The largest absolute Gasteiger partial charge is 0.354 e. The van der Waals surface area contributed by atoms with Crippen molar-refractivity contribution in [3.05, 3.63) is 71.7 Å². The van der Waals surface area contributed by atoms with Crippen LogP contribution in [0.25, 0.3) is 27.8 Å². The summed E-state index contributed by atoms with van der Waals surface area (Å²) in [6.45, 7) is 0. The van der Waals surface area contributed by atoms with Crippen LogP contribution in [-0.4, -0.2) is 47.5 Å². The van der Waals surface area contributed by atoms with Crippen LogP contribution in [0.2, 0.25) is 0 Å². The number of nitrogens with zero attached hydrogens (tertiary/aromatic N) is 7. The smallest absolute Gasteiger partial charge is 0.336 e. The zero-order chi connectivity index (χ0) is 23.3. The third kappa shape index (κ3) is 3.35. The minimum Gasteiger partial charge on any atom is -0.354 e. The number of hydrogen-bond acceptors (Lipinski definition) is 6. The van der Waals surface area contributed by atoms with Crippen LogP contribution < -0.4 is 5.32 Å². The van der Waals surface area contributed by atoms with E-state index in [9.17, 15) is 9.18 Å². The summed E-state index contributed by atoms with van der Waals surface area (Å²) in [5.41, 5.74) is 0.426. The van der Waals surface area contributed by atoms with E-state index in [1.165, 1.54) is 36.3 Å². The van der Waals surface area contributed by atoms with E-state index in [1.54, 1.807) is 19.2 Å². The van der Waals surface area contributed by atoms with Gasteiger partial charge in [0.15, 0.2) is 5.65 Å². The molecule has 0 aliphatic heterocycles. The van der Waals surface area contributed by atoms with E-state index in [0.717, 1.165) is 16.6 Å². The van der Waals surface area contributed by atoms with E-state index >= 15 is 8.78 Å². The number of carbonyl (C=O) groups excluding carboxylic acids is 1. The molecule has 0 fully saturated rings. The monoisotopic (exact) mass is 452 g/mol. The van der Waals surface area contributed by atoms with Crippen molar-refractivity contribution in [1.29, 1.82) is 0 Å². The highest BCUT2D eigenvalue weighted by atomic mass is 19.3. The van der Waals surface area contributed by atoms with Crippen molar-refractivity contribution in [3.8, 4) is 11.3 Å². The number of aryl methyl sites for hydroxylation is 1. The number of nitrogens with one attached hydrogen (secondary N) is 1. The molecule has 0 saturated heterocycles. The van der Waals surface area contributed by atoms with Crippen LogP contribution in [0.1, 0.15) is 21.9 Å². The average molecular weight is 452 g/mol. The van der Waals surface area contributed by atoms with Gasteiger partial charge in [-0.25, -0.2) is 4.39 Å². The Morgan fingerprint density at radius 1 is 1.09 bits per heavy atom. The lowest BCUT2D eigenvalue weighted by atomic mass is 10.0. The van der Waals surface area contributed by atoms with Gasteiger partial charge < -0.3 is 5.32 Å². The van der Waals surface area contributed by atoms with E-state index < -0.39 is 23.1 Å². The molecule has 0 radical (unpaired) electrons. The molecule has 0 bridgehead atoms. The summed E-state index contributed by atoms with van der Waals surface area (Å²) in [5, 5.41) is 18.4. The summed E-state index contributed by atoms with van der Waals surface area (Å²) in [7, 11) is 3.10. The Kier molecular flexibility index (Phi) is 4.58. The number of carbonyl (C=O) groups is 1. The van der Waals surface area contributed by atoms with Crippen molar-refractivity contribution in [2.75, 3.05) is 7.05 Å². The van der Waals surface area contributed by atoms with Crippen molar-refractivity contribution in [2.45, 2.75) is 5.92 Å². The van der Waals surface area contributed by atoms with E-state index in [-0.39, 0.29) is 22.8 Å². The Labute approximate surface area is 183 Å². The molecular weight excluding hydrogens is 437 g/mol. The maximum absolute atomic E-state index is 15.5. The lowest BCUT2D eigenvalue weighted by Gasteiger charge is -2.15. The zero-order valence-corrected chi connectivity index (χ0v) is 17.3. The van der Waals surface area contributed by atoms with Crippen LogP contribution in [0.15, 0.2) is 48.8 Å². The third-order valence-corrected chi connectivity index (χ3v) is 5.11. The van der Waals surface area contributed by atoms with Gasteiger partial charge in [-0.1, -0.05) is 0 Å². The minimum absolute atomic E-state index is 0.0613. The topological polar surface area (TPSA) is 103 Å². The van der Waals surface area contributed by atoms with Crippen LogP contribution in [0.4, 0.5) is 13.2 Å². The molecule has 33 heavy (non-hydrogen) atoms. The second-order valence-electron chi connectivity index (χ2n) is 7.29. The Balaban J connectivity index is 1.60. The first-order valence-corrected chi connectivity index (χ1v) is 9.70. The van der Waals surface area contributed by atoms with E-state index in [4.69, 9.17) is 0 Å². The van der Waals surface area contributed by atoms with Crippen molar-refractivity contribution in [2.24, 2.45) is 7.05 Å². The molecule has 0 aliphatic carbocycles. The highest BCUT2D eigenvalue weighted by Crippen LogP contribution is 2.37. The quantitative estimate of drug-likeness (QED) is 0.450. The van der Waals surface area contributed by atoms with Gasteiger partial charge in [0.05, 0.1) is 16.8 Å². The fourth-order valence-corrected chi connectivity index (χ4v) is 3.48. The van der Waals surface area contributed by atoms with E-state index in [0.29, 0.717) is 16.6 Å². The van der Waals surface area contributed by atoms with Crippen molar-refractivity contribution >= 4 is 22.5 Å². The van der Waals surface area contributed by atoms with Crippen molar-refractivity contribution in [1.82, 2.24) is 39.9 Å². The maximum atomic E-state index is 15.5. The molecule has 1 aromatic carbocycles. The molecule has 5 rings (SSSR count). The molecule has 0 atom stereocenters. The predicted octanol–water partition coefficient (Wildman–Crippen LogP) is 2.71. The first-order chi connectivity index (χ1) is 15.8. The minimum atomic E-state index is -3.83. The molecule has 0 unspecified atom stereocenters. The van der Waals surface area contributed by atoms with Gasteiger partial charge in [-0.3, -0.25) is 14.5 Å². The number of hydrogen-bond donors (Lipinski definition) is 1. The highest BCUT2D eigenvalue weighted by molar-refractivity contribution is 5.92. The first kappa shape index (κ1) is 20.5. The van der Waals surface area contributed by atoms with Crippen LogP contribution >= 0.6 is 0 Å². The molecule has 1 amide bonds. The highest BCUT2D eigenvalue weighted by Gasteiger charge is 2.42. The zero-order valence-electron chi connectivity index (χ0n) is 17.3. The lowest BCUT2D eigenvalue weighted by molar-refractivity contribution is 0.0270. The number of halogens is 3. The molecule has 12 heteroatoms. The molecule has 4 aromatic heterocycles. The number of alkyl halides is 2. The van der Waals surface area contributed by atoms with Gasteiger partial charge in [0, 0.05) is 43.5 Å². The van der Waals surface area contributed by atoms with Crippen LogP contribution in [0.3, 0.4) is 0 Å². The molecule has 0 aliphatic rings. The second-order valence-corrected chi connectivity index (χ2v) is 7.29. The summed E-state index contributed by atoms with van der Waals surface area (Å²) in [6, 6.07) is 8.10. The van der Waals surface area contributed by atoms with Crippen LogP contribution in [0.5, 0.6) is 0 Å². The van der Waals surface area contributed by atoms with Gasteiger partial charge in [-0.15, -0.1) is 10.2 Å². The molecule has 0 saturated carbocycles. The predicted molar refractivity (Wildman–Crippen MR) is 111 cm³/mol. The van der Waals surface area contributed by atoms with Crippen molar-refractivity contribution in [3.63, 3.8) is 0 Å². The normalized spacial score (nSPS) is 11.9. The Morgan fingerprint density at radius 2 is 1.91 bits per heavy atom. The van der Waals surface area contributed by atoms with Crippen molar-refractivity contribution < 1.29 is 18.0 Å². The van der Waals surface area contributed by atoms with Gasteiger partial charge in [-0.05, 0) is 30.3 Å². The number of fused-ring (bicyclic) bond motifs is 2. The van der Waals surface area contributed by atoms with Gasteiger partial charge in [0.2, 0.25) is 5.82 Å². The number of aromatic nitrogens is 7. The number of amides is 1. The summed E-state index contributed by atoms with van der Waals surface area (Å²) in [5.74, 6) is -6.15. The summed E-state index contributed by atoms with van der Waals surface area (Å²) in [4.78, 5) is 15.7. The van der Waals surface area contributed by atoms with Gasteiger partial charge in [-0.2, -0.15) is 23.5 Å². The average Bonchev–Trinajstić information content (AvgIpc) is 3.40. The SMILES string of the molecule is CNC(=O)c1ccc(-c2ccc3nnc(C(F)(F)c4cc5cn(C)nc5cc4F)n3n2)cn1. The van der Waals surface area contributed by atoms with Gasteiger partial charge >= 0.3 is 5.92 Å². The van der Waals surface area contributed by atoms with E-state index in [1.807, 2.05) is 0 Å². The lowest BCUT2D eigenvalue weighted by Crippen LogP contribution is -2.22. The Bertz CT molecular complexity index is 1520. The molecule has 0 spiro atoms. The standard InChI is InChI=1S/C21H15F3N8O/c1-25-19(33)16-4-3-11(9-26-16)15-5-6-18-27-28-20(32(18)30-15)21(23,24)13-7-12-10-31(2)29-17(12)8-14(13)22/h3-10H,1-2H3,(H,25,33). The second kappa shape index (κ2) is 7.36. The molecule has 166 valence electrons. The number of benzene rings is 1. The maximum Gasteiger partial charge on any atom is 0.336 e. The van der Waals surface area contributed by atoms with Gasteiger partial charge in [0.25, 0.3) is 5.91 Å². The number of rotatable bonds is 4. The Hall–Kier alpha value is -4.35. The third-order valence-electron chi connectivity index (χ3n) is 5.11. The molecule has 9 nitrogen and oxygen atoms in total. The van der Waals surface area contributed by atoms with Crippen LogP contribution in [0, 0.1) is 5.82 Å². The summed E-state index contributed by atoms with van der Waals surface area (Å²) in [6.07, 6.45) is 2.92.